The van der Waals surface area contributed by atoms with Gasteiger partial charge in [-0.2, -0.15) is 0 Å². The maximum absolute atomic E-state index is 5.53. The van der Waals surface area contributed by atoms with Gasteiger partial charge in [-0.1, -0.05) is 13.8 Å². The van der Waals surface area contributed by atoms with Crippen LogP contribution in [0.1, 0.15) is 52.4 Å². The van der Waals surface area contributed by atoms with Gasteiger partial charge in [0.1, 0.15) is 0 Å². The van der Waals surface area contributed by atoms with Gasteiger partial charge >= 0.3 is 0 Å². The zero-order valence-electron chi connectivity index (χ0n) is 13.4. The molecule has 20 heavy (non-hydrogen) atoms. The Morgan fingerprint density at radius 2 is 1.80 bits per heavy atom. The van der Waals surface area contributed by atoms with Crippen LogP contribution in [0, 0.1) is 11.8 Å². The highest BCUT2D eigenvalue weighted by Gasteiger charge is 2.43. The molecule has 0 aromatic heterocycles. The van der Waals surface area contributed by atoms with Gasteiger partial charge in [0, 0.05) is 44.4 Å². The molecule has 1 saturated carbocycles. The number of piperazine rings is 1. The van der Waals surface area contributed by atoms with E-state index in [1.165, 1.54) is 58.2 Å². The second-order valence-electron chi connectivity index (χ2n) is 7.22. The van der Waals surface area contributed by atoms with Crippen molar-refractivity contribution in [3.05, 3.63) is 0 Å². The minimum Gasteiger partial charge on any atom is -0.381 e. The molecule has 0 aromatic carbocycles. The van der Waals surface area contributed by atoms with Gasteiger partial charge in [-0.25, -0.2) is 0 Å². The standard InChI is InChI=1S/C17H32N2O/c1-3-17(4-2)13-18-16(15-5-6-15)12-19(17)11-14-7-9-20-10-8-14/h14-16,18H,3-13H2,1-2H3. The average Bonchev–Trinajstić information content (AvgIpc) is 3.33. The summed E-state index contributed by atoms with van der Waals surface area (Å²) in [7, 11) is 0. The van der Waals surface area contributed by atoms with Gasteiger partial charge in [-0.3, -0.25) is 4.90 Å². The number of hydrogen-bond acceptors (Lipinski definition) is 3. The molecule has 3 nitrogen and oxygen atoms in total. The molecule has 0 aromatic rings. The summed E-state index contributed by atoms with van der Waals surface area (Å²) in [5.41, 5.74) is 0.406. The van der Waals surface area contributed by atoms with Gasteiger partial charge in [-0.15, -0.1) is 0 Å². The van der Waals surface area contributed by atoms with Crippen LogP contribution >= 0.6 is 0 Å². The van der Waals surface area contributed by atoms with E-state index in [2.05, 4.69) is 24.1 Å². The van der Waals surface area contributed by atoms with Crippen molar-refractivity contribution in [1.29, 1.82) is 0 Å². The van der Waals surface area contributed by atoms with Gasteiger partial charge in [0.2, 0.25) is 0 Å². The van der Waals surface area contributed by atoms with E-state index < -0.39 is 0 Å². The highest BCUT2D eigenvalue weighted by Crippen LogP contribution is 2.38. The predicted octanol–water partition coefficient (Wildman–Crippen LogP) is 2.66. The molecule has 3 fully saturated rings. The Bertz CT molecular complexity index is 306. The molecule has 1 atom stereocenters. The lowest BCUT2D eigenvalue weighted by Crippen LogP contribution is -2.65. The molecule has 1 aliphatic carbocycles. The molecule has 1 unspecified atom stereocenters. The predicted molar refractivity (Wildman–Crippen MR) is 82.9 cm³/mol. The van der Waals surface area contributed by atoms with E-state index in [4.69, 9.17) is 4.74 Å². The Balaban J connectivity index is 1.66. The molecule has 0 radical (unpaired) electrons. The number of hydrogen-bond donors (Lipinski definition) is 1. The fraction of sp³-hybridized carbons (Fsp3) is 1.00. The first-order chi connectivity index (χ1) is 9.77. The number of rotatable bonds is 5. The van der Waals surface area contributed by atoms with E-state index in [1.54, 1.807) is 0 Å². The van der Waals surface area contributed by atoms with Gasteiger partial charge in [-0.05, 0) is 50.4 Å². The minimum absolute atomic E-state index is 0.406. The van der Waals surface area contributed by atoms with Crippen molar-refractivity contribution in [2.24, 2.45) is 11.8 Å². The second kappa shape index (κ2) is 6.33. The van der Waals surface area contributed by atoms with Crippen molar-refractivity contribution in [3.63, 3.8) is 0 Å². The lowest BCUT2D eigenvalue weighted by Gasteiger charge is -2.51. The topological polar surface area (TPSA) is 24.5 Å². The van der Waals surface area contributed by atoms with Crippen molar-refractivity contribution in [1.82, 2.24) is 10.2 Å². The highest BCUT2D eigenvalue weighted by atomic mass is 16.5. The van der Waals surface area contributed by atoms with Crippen LogP contribution < -0.4 is 5.32 Å². The van der Waals surface area contributed by atoms with Crippen molar-refractivity contribution >= 4 is 0 Å². The van der Waals surface area contributed by atoms with Crippen molar-refractivity contribution in [3.8, 4) is 0 Å². The van der Waals surface area contributed by atoms with Crippen molar-refractivity contribution in [2.45, 2.75) is 64.0 Å². The molecule has 0 bridgehead atoms. The molecule has 2 aliphatic heterocycles. The van der Waals surface area contributed by atoms with E-state index in [0.717, 1.165) is 31.1 Å². The SMILES string of the molecule is CCC1(CC)CNC(C2CC2)CN1CC1CCOCC1. The Hall–Kier alpha value is -0.120. The van der Waals surface area contributed by atoms with Crippen LogP contribution in [0.5, 0.6) is 0 Å². The quantitative estimate of drug-likeness (QED) is 0.838. The average molecular weight is 280 g/mol. The second-order valence-corrected chi connectivity index (χ2v) is 7.22. The Morgan fingerprint density at radius 3 is 2.40 bits per heavy atom. The third-order valence-electron chi connectivity index (χ3n) is 6.11. The van der Waals surface area contributed by atoms with Crippen LogP contribution in [0.2, 0.25) is 0 Å². The smallest absolute Gasteiger partial charge is 0.0469 e. The first-order valence-corrected chi connectivity index (χ1v) is 8.83. The summed E-state index contributed by atoms with van der Waals surface area (Å²) < 4.78 is 5.53. The maximum Gasteiger partial charge on any atom is 0.0469 e. The number of nitrogens with one attached hydrogen (secondary N) is 1. The van der Waals surface area contributed by atoms with E-state index in [9.17, 15) is 0 Å². The molecule has 0 spiro atoms. The summed E-state index contributed by atoms with van der Waals surface area (Å²) in [4.78, 5) is 2.86. The van der Waals surface area contributed by atoms with Crippen LogP contribution in [-0.4, -0.2) is 49.3 Å². The molecule has 3 rings (SSSR count). The first-order valence-electron chi connectivity index (χ1n) is 8.83. The fourth-order valence-electron chi connectivity index (χ4n) is 4.20. The summed E-state index contributed by atoms with van der Waals surface area (Å²) >= 11 is 0. The molecule has 3 heteroatoms. The first kappa shape index (κ1) is 14.8. The minimum atomic E-state index is 0.406. The normalized spacial score (nSPS) is 32.4. The Labute approximate surface area is 124 Å². The molecule has 3 aliphatic rings. The maximum atomic E-state index is 5.53. The van der Waals surface area contributed by atoms with Gasteiger partial charge in [0.15, 0.2) is 0 Å². The van der Waals surface area contributed by atoms with Crippen LogP contribution in [-0.2, 0) is 4.74 Å². The van der Waals surface area contributed by atoms with Crippen molar-refractivity contribution in [2.75, 3.05) is 32.8 Å². The fourth-order valence-corrected chi connectivity index (χ4v) is 4.20. The summed E-state index contributed by atoms with van der Waals surface area (Å²) in [5, 5.41) is 3.87. The van der Waals surface area contributed by atoms with Crippen LogP contribution in [0.15, 0.2) is 0 Å². The summed E-state index contributed by atoms with van der Waals surface area (Å²) in [6, 6.07) is 0.765. The molecule has 0 amide bonds. The van der Waals surface area contributed by atoms with Gasteiger partial charge in [0.05, 0.1) is 0 Å². The van der Waals surface area contributed by atoms with E-state index in [0.29, 0.717) is 5.54 Å². The third-order valence-corrected chi connectivity index (χ3v) is 6.11. The lowest BCUT2D eigenvalue weighted by molar-refractivity contribution is -0.00888. The summed E-state index contributed by atoms with van der Waals surface area (Å²) in [6.45, 7) is 10.5. The molecule has 2 heterocycles. The zero-order chi connectivity index (χ0) is 14.0. The van der Waals surface area contributed by atoms with E-state index in [-0.39, 0.29) is 0 Å². The number of nitrogens with zero attached hydrogens (tertiary/aromatic N) is 1. The number of ether oxygens (including phenoxy) is 1. The monoisotopic (exact) mass is 280 g/mol. The zero-order valence-corrected chi connectivity index (χ0v) is 13.4. The van der Waals surface area contributed by atoms with E-state index in [1.807, 2.05) is 0 Å². The van der Waals surface area contributed by atoms with Gasteiger partial charge in [0.25, 0.3) is 0 Å². The molecule has 116 valence electrons. The van der Waals surface area contributed by atoms with Crippen LogP contribution in [0.4, 0.5) is 0 Å². The summed E-state index contributed by atoms with van der Waals surface area (Å²) in [5.74, 6) is 1.83. The van der Waals surface area contributed by atoms with Crippen molar-refractivity contribution < 1.29 is 4.74 Å². The molecule has 1 N–H and O–H groups in total. The Morgan fingerprint density at radius 1 is 1.10 bits per heavy atom. The van der Waals surface area contributed by atoms with Gasteiger partial charge < -0.3 is 10.1 Å². The molecule has 2 saturated heterocycles. The Kier molecular flexibility index (Phi) is 4.68. The summed E-state index contributed by atoms with van der Waals surface area (Å²) in [6.07, 6.45) is 7.99. The largest absolute Gasteiger partial charge is 0.381 e. The molecular formula is C17H32N2O. The lowest BCUT2D eigenvalue weighted by atomic mass is 9.84. The highest BCUT2D eigenvalue weighted by molar-refractivity contribution is 5.01. The third kappa shape index (κ3) is 3.05. The van der Waals surface area contributed by atoms with Crippen LogP contribution in [0.3, 0.4) is 0 Å². The van der Waals surface area contributed by atoms with E-state index >= 15 is 0 Å². The van der Waals surface area contributed by atoms with Crippen LogP contribution in [0.25, 0.3) is 0 Å². The molecular weight excluding hydrogens is 248 g/mol.